The van der Waals surface area contributed by atoms with Gasteiger partial charge in [-0.2, -0.15) is 5.26 Å². The van der Waals surface area contributed by atoms with Crippen LogP contribution in [0.15, 0.2) is 59.8 Å². The summed E-state index contributed by atoms with van der Waals surface area (Å²) in [7, 11) is -3.69. The van der Waals surface area contributed by atoms with E-state index in [0.717, 1.165) is 0 Å². The van der Waals surface area contributed by atoms with Crippen LogP contribution in [0, 0.1) is 18.3 Å². The maximum absolute atomic E-state index is 12.5. The summed E-state index contributed by atoms with van der Waals surface area (Å²) in [5.41, 5.74) is 4.24. The van der Waals surface area contributed by atoms with Gasteiger partial charge in [-0.3, -0.25) is 0 Å². The Morgan fingerprint density at radius 3 is 2.67 bits per heavy atom. The van der Waals surface area contributed by atoms with Crippen LogP contribution in [-0.2, 0) is 16.6 Å². The fraction of sp³-hybridized carbons (Fsp3) is 0.292. The summed E-state index contributed by atoms with van der Waals surface area (Å²) in [6.45, 7) is 3.16. The molecule has 1 saturated carbocycles. The van der Waals surface area contributed by atoms with E-state index in [1.165, 1.54) is 41.8 Å². The highest BCUT2D eigenvalue weighted by Crippen LogP contribution is 2.40. The van der Waals surface area contributed by atoms with Crippen LogP contribution in [0.4, 0.5) is 11.6 Å². The van der Waals surface area contributed by atoms with Gasteiger partial charge >= 0.3 is 0 Å². The lowest BCUT2D eigenvalue weighted by molar-refractivity contribution is 0.582. The summed E-state index contributed by atoms with van der Waals surface area (Å²) in [6, 6.07) is 15.2. The molecule has 0 amide bonds. The van der Waals surface area contributed by atoms with E-state index >= 15 is 0 Å². The molecule has 0 saturated heterocycles. The molecule has 3 N–H and O–H groups in total. The summed E-state index contributed by atoms with van der Waals surface area (Å²) in [5, 5.41) is 15.3. The maximum Gasteiger partial charge on any atom is 0.242 e. The van der Waals surface area contributed by atoms with E-state index in [-0.39, 0.29) is 18.0 Å². The molecule has 170 valence electrons. The zero-order valence-electron chi connectivity index (χ0n) is 18.4. The minimum Gasteiger partial charge on any atom is -0.368 e. The van der Waals surface area contributed by atoms with Gasteiger partial charge in [-0.05, 0) is 61.1 Å². The number of aromatic nitrogens is 2. The van der Waals surface area contributed by atoms with Gasteiger partial charge in [0.15, 0.2) is 0 Å². The van der Waals surface area contributed by atoms with Crippen molar-refractivity contribution in [2.45, 2.75) is 37.1 Å². The van der Waals surface area contributed by atoms with Crippen LogP contribution in [0.3, 0.4) is 0 Å². The van der Waals surface area contributed by atoms with Crippen molar-refractivity contribution in [3.8, 4) is 6.07 Å². The molecule has 8 nitrogen and oxygen atoms in total. The average molecular weight is 463 g/mol. The van der Waals surface area contributed by atoms with Crippen LogP contribution >= 0.6 is 0 Å². The number of pyridine rings is 2. The molecule has 3 aromatic rings. The van der Waals surface area contributed by atoms with Gasteiger partial charge in [-0.25, -0.2) is 23.1 Å². The highest BCUT2D eigenvalue weighted by molar-refractivity contribution is 7.89. The quantitative estimate of drug-likeness (QED) is 0.394. The predicted molar refractivity (Wildman–Crippen MR) is 127 cm³/mol. The number of benzene rings is 1. The van der Waals surface area contributed by atoms with E-state index in [1.54, 1.807) is 24.4 Å². The van der Waals surface area contributed by atoms with Crippen molar-refractivity contribution in [1.29, 1.82) is 5.26 Å². The first-order valence-corrected chi connectivity index (χ1v) is 12.3. The third kappa shape index (κ3) is 6.06. The van der Waals surface area contributed by atoms with Crippen molar-refractivity contribution in [3.05, 3.63) is 77.1 Å². The maximum atomic E-state index is 12.5. The molecule has 1 aromatic carbocycles. The normalized spacial score (nSPS) is 13.3. The van der Waals surface area contributed by atoms with E-state index in [0.29, 0.717) is 29.7 Å². The number of hydrogen-bond donors (Lipinski definition) is 3. The second-order valence-corrected chi connectivity index (χ2v) is 9.86. The van der Waals surface area contributed by atoms with E-state index in [4.69, 9.17) is 5.26 Å². The van der Waals surface area contributed by atoms with Crippen molar-refractivity contribution in [2.75, 3.05) is 23.7 Å². The number of nitrogens with one attached hydrogen (secondary N) is 3. The molecule has 0 radical (unpaired) electrons. The van der Waals surface area contributed by atoms with Crippen LogP contribution in [-0.4, -0.2) is 31.5 Å². The van der Waals surface area contributed by atoms with Crippen molar-refractivity contribution < 1.29 is 8.42 Å². The summed E-state index contributed by atoms with van der Waals surface area (Å²) >= 11 is 0. The van der Waals surface area contributed by atoms with Crippen molar-refractivity contribution >= 4 is 21.7 Å². The molecule has 0 bridgehead atoms. The topological polar surface area (TPSA) is 120 Å². The Morgan fingerprint density at radius 1 is 1.09 bits per heavy atom. The second-order valence-electron chi connectivity index (χ2n) is 8.09. The predicted octanol–water partition coefficient (Wildman–Crippen LogP) is 3.54. The fourth-order valence-corrected chi connectivity index (χ4v) is 4.55. The Labute approximate surface area is 194 Å². The van der Waals surface area contributed by atoms with Gasteiger partial charge < -0.3 is 10.6 Å². The first-order chi connectivity index (χ1) is 15.9. The highest BCUT2D eigenvalue weighted by atomic mass is 32.2. The van der Waals surface area contributed by atoms with Gasteiger partial charge in [0, 0.05) is 32.0 Å². The summed E-state index contributed by atoms with van der Waals surface area (Å²) in [4.78, 5) is 8.44. The van der Waals surface area contributed by atoms with Crippen LogP contribution in [0.2, 0.25) is 0 Å². The van der Waals surface area contributed by atoms with Gasteiger partial charge in [0.2, 0.25) is 10.0 Å². The summed E-state index contributed by atoms with van der Waals surface area (Å²) in [5.74, 6) is 1.74. The van der Waals surface area contributed by atoms with Gasteiger partial charge in [-0.15, -0.1) is 0 Å². The lowest BCUT2D eigenvalue weighted by Gasteiger charge is -2.11. The Kier molecular flexibility index (Phi) is 6.87. The molecule has 0 aliphatic heterocycles. The first-order valence-electron chi connectivity index (χ1n) is 10.8. The Balaban J connectivity index is 1.29. The van der Waals surface area contributed by atoms with Crippen LogP contribution in [0.25, 0.3) is 0 Å². The van der Waals surface area contributed by atoms with Crippen molar-refractivity contribution in [3.63, 3.8) is 0 Å². The number of rotatable bonds is 10. The third-order valence-corrected chi connectivity index (χ3v) is 6.81. The molecule has 4 rings (SSSR count). The highest BCUT2D eigenvalue weighted by Gasteiger charge is 2.23. The fourth-order valence-electron chi connectivity index (χ4n) is 3.57. The Morgan fingerprint density at radius 2 is 1.94 bits per heavy atom. The largest absolute Gasteiger partial charge is 0.368 e. The van der Waals surface area contributed by atoms with Gasteiger partial charge in [0.1, 0.15) is 22.6 Å². The molecule has 1 fully saturated rings. The molecule has 33 heavy (non-hydrogen) atoms. The van der Waals surface area contributed by atoms with E-state index in [9.17, 15) is 8.42 Å². The lowest BCUT2D eigenvalue weighted by Crippen LogP contribution is -2.29. The molecule has 0 atom stereocenters. The summed E-state index contributed by atoms with van der Waals surface area (Å²) < 4.78 is 27.6. The molecule has 0 unspecified atom stereocenters. The monoisotopic (exact) mass is 462 g/mol. The minimum absolute atomic E-state index is 0.0928. The number of sulfonamides is 1. The van der Waals surface area contributed by atoms with Crippen LogP contribution < -0.4 is 15.4 Å². The zero-order valence-corrected chi connectivity index (χ0v) is 19.2. The number of hydrogen-bond acceptors (Lipinski definition) is 7. The number of anilines is 2. The minimum atomic E-state index is -3.69. The standard InChI is InChI=1S/C24H26N6O2S/c1-17-11-18(13-21(12-17)19-4-5-19)15-28-23-7-6-22(16-29-23)33(31,32)30-10-9-27-24-20(14-25)3-2-8-26-24/h2-3,6-8,11-13,16,19,30H,4-5,9-10,15H2,1H3,(H,26,27)(H,28,29). The van der Waals surface area contributed by atoms with Crippen LogP contribution in [0.5, 0.6) is 0 Å². The summed E-state index contributed by atoms with van der Waals surface area (Å²) in [6.07, 6.45) is 5.44. The Bertz CT molecular complexity index is 1260. The van der Waals surface area contributed by atoms with Crippen molar-refractivity contribution in [1.82, 2.24) is 14.7 Å². The zero-order chi connectivity index (χ0) is 23.3. The van der Waals surface area contributed by atoms with Crippen molar-refractivity contribution in [2.24, 2.45) is 0 Å². The van der Waals surface area contributed by atoms with E-state index in [1.807, 2.05) is 6.07 Å². The van der Waals surface area contributed by atoms with Gasteiger partial charge in [0.25, 0.3) is 0 Å². The smallest absolute Gasteiger partial charge is 0.242 e. The van der Waals surface area contributed by atoms with Gasteiger partial charge in [-0.1, -0.05) is 23.8 Å². The lowest BCUT2D eigenvalue weighted by atomic mass is 10.0. The molecule has 2 aromatic heterocycles. The molecule has 1 aliphatic carbocycles. The molecule has 2 heterocycles. The number of aryl methyl sites for hydroxylation is 1. The Hall–Kier alpha value is -3.48. The van der Waals surface area contributed by atoms with Crippen LogP contribution in [0.1, 0.15) is 41.0 Å². The van der Waals surface area contributed by atoms with Gasteiger partial charge in [0.05, 0.1) is 5.56 Å². The third-order valence-electron chi connectivity index (χ3n) is 5.37. The molecule has 1 aliphatic rings. The average Bonchev–Trinajstić information content (AvgIpc) is 3.66. The molecule has 9 heteroatoms. The SMILES string of the molecule is Cc1cc(CNc2ccc(S(=O)(=O)NCCNc3ncccc3C#N)cn2)cc(C2CC2)c1. The first kappa shape index (κ1) is 22.7. The van der Waals surface area contributed by atoms with E-state index in [2.05, 4.69) is 50.4 Å². The van der Waals surface area contributed by atoms with E-state index < -0.39 is 10.0 Å². The number of nitriles is 1. The molecular weight excluding hydrogens is 436 g/mol. The number of nitrogens with zero attached hydrogens (tertiary/aromatic N) is 3. The second kappa shape index (κ2) is 9.98. The molecule has 0 spiro atoms. The molecular formula is C24H26N6O2S.